The molecule has 1 aromatic carbocycles. The van der Waals surface area contributed by atoms with Gasteiger partial charge in [-0.05, 0) is 23.6 Å². The van der Waals surface area contributed by atoms with Gasteiger partial charge in [0.15, 0.2) is 0 Å². The van der Waals surface area contributed by atoms with Gasteiger partial charge in [0, 0.05) is 13.1 Å². The molecule has 0 spiro atoms. The van der Waals surface area contributed by atoms with Crippen molar-refractivity contribution in [2.75, 3.05) is 13.1 Å². The zero-order chi connectivity index (χ0) is 16.0. The molecular formula is C15H24FNO3S. The molecule has 1 rings (SSSR count). The number of nitrogens with zero attached hydrogens (tertiary/aromatic N) is 1. The van der Waals surface area contributed by atoms with Crippen LogP contribution < -0.4 is 0 Å². The number of hydrogen-bond acceptors (Lipinski definition) is 3. The highest BCUT2D eigenvalue weighted by Crippen LogP contribution is 2.23. The second kappa shape index (κ2) is 7.87. The van der Waals surface area contributed by atoms with Crippen molar-refractivity contribution in [3.63, 3.8) is 0 Å². The van der Waals surface area contributed by atoms with Gasteiger partial charge in [-0.1, -0.05) is 39.7 Å². The molecule has 0 saturated heterocycles. The van der Waals surface area contributed by atoms with Crippen molar-refractivity contribution in [1.82, 2.24) is 4.31 Å². The first-order chi connectivity index (χ1) is 9.90. The Morgan fingerprint density at radius 2 is 1.86 bits per heavy atom. The average molecular weight is 317 g/mol. The predicted molar refractivity (Wildman–Crippen MR) is 80.8 cm³/mol. The largest absolute Gasteiger partial charge is 0.392 e. The van der Waals surface area contributed by atoms with Crippen LogP contribution in [0.1, 0.15) is 39.2 Å². The summed E-state index contributed by atoms with van der Waals surface area (Å²) in [6.07, 6.45) is 1.75. The average Bonchev–Trinajstić information content (AvgIpc) is 2.48. The van der Waals surface area contributed by atoms with Crippen molar-refractivity contribution in [3.05, 3.63) is 29.6 Å². The Labute approximate surface area is 126 Å². The fourth-order valence-electron chi connectivity index (χ4n) is 2.21. The zero-order valence-electron chi connectivity index (χ0n) is 12.8. The second-order valence-corrected chi connectivity index (χ2v) is 6.97. The van der Waals surface area contributed by atoms with E-state index >= 15 is 0 Å². The molecule has 1 N–H and O–H groups in total. The van der Waals surface area contributed by atoms with Crippen LogP contribution in [0.5, 0.6) is 0 Å². The number of aliphatic hydroxyl groups is 1. The van der Waals surface area contributed by atoms with E-state index in [1.54, 1.807) is 6.92 Å². The molecule has 0 bridgehead atoms. The molecule has 0 atom stereocenters. The minimum absolute atomic E-state index is 0.254. The number of aliphatic hydroxyl groups excluding tert-OH is 1. The molecule has 0 amide bonds. The van der Waals surface area contributed by atoms with E-state index < -0.39 is 15.8 Å². The minimum atomic E-state index is -3.88. The van der Waals surface area contributed by atoms with Crippen LogP contribution in [0.15, 0.2) is 23.1 Å². The number of rotatable bonds is 8. The molecule has 0 saturated carbocycles. The van der Waals surface area contributed by atoms with Crippen LogP contribution in [0.2, 0.25) is 0 Å². The lowest BCUT2D eigenvalue weighted by molar-refractivity contribution is 0.281. The molecule has 0 fully saturated rings. The third kappa shape index (κ3) is 4.25. The highest BCUT2D eigenvalue weighted by molar-refractivity contribution is 7.89. The van der Waals surface area contributed by atoms with Crippen LogP contribution in [-0.2, 0) is 16.6 Å². The maximum Gasteiger partial charge on any atom is 0.245 e. The van der Waals surface area contributed by atoms with Gasteiger partial charge in [0.05, 0.1) is 6.61 Å². The Morgan fingerprint density at radius 3 is 2.33 bits per heavy atom. The van der Waals surface area contributed by atoms with E-state index in [0.717, 1.165) is 18.9 Å². The van der Waals surface area contributed by atoms with E-state index in [1.165, 1.54) is 16.4 Å². The van der Waals surface area contributed by atoms with E-state index in [2.05, 4.69) is 0 Å². The lowest BCUT2D eigenvalue weighted by atomic mass is 10.0. The Balaban J connectivity index is 3.18. The molecule has 0 unspecified atom stereocenters. The molecule has 120 valence electrons. The molecule has 0 radical (unpaired) electrons. The third-order valence-electron chi connectivity index (χ3n) is 3.77. The number of benzene rings is 1. The summed E-state index contributed by atoms with van der Waals surface area (Å²) in [4.78, 5) is -0.359. The first kappa shape index (κ1) is 18.1. The molecule has 0 aliphatic rings. The summed E-state index contributed by atoms with van der Waals surface area (Å²) in [5, 5.41) is 9.11. The molecule has 0 aliphatic carbocycles. The summed E-state index contributed by atoms with van der Waals surface area (Å²) >= 11 is 0. The van der Waals surface area contributed by atoms with Gasteiger partial charge in [0.1, 0.15) is 10.7 Å². The van der Waals surface area contributed by atoms with Crippen LogP contribution in [0, 0.1) is 11.7 Å². The quantitative estimate of drug-likeness (QED) is 0.802. The molecular weight excluding hydrogens is 293 g/mol. The van der Waals surface area contributed by atoms with Crippen LogP contribution in [-0.4, -0.2) is 30.9 Å². The summed E-state index contributed by atoms with van der Waals surface area (Å²) in [5.74, 6) is -0.529. The van der Waals surface area contributed by atoms with Gasteiger partial charge in [-0.2, -0.15) is 4.31 Å². The van der Waals surface area contributed by atoms with Crippen LogP contribution in [0.25, 0.3) is 0 Å². The number of sulfonamides is 1. The van der Waals surface area contributed by atoms with E-state index in [0.29, 0.717) is 18.7 Å². The van der Waals surface area contributed by atoms with Gasteiger partial charge in [-0.25, -0.2) is 12.8 Å². The van der Waals surface area contributed by atoms with Crippen molar-refractivity contribution in [1.29, 1.82) is 0 Å². The van der Waals surface area contributed by atoms with E-state index in [4.69, 9.17) is 5.11 Å². The van der Waals surface area contributed by atoms with Crippen molar-refractivity contribution < 1.29 is 17.9 Å². The van der Waals surface area contributed by atoms with Gasteiger partial charge < -0.3 is 5.11 Å². The SMILES string of the molecule is CCC(CC)CN(CC)S(=O)(=O)c1cc(CO)ccc1F. The highest BCUT2D eigenvalue weighted by Gasteiger charge is 2.28. The summed E-state index contributed by atoms with van der Waals surface area (Å²) in [5.41, 5.74) is 0.383. The van der Waals surface area contributed by atoms with Gasteiger partial charge in [-0.15, -0.1) is 0 Å². The molecule has 0 aromatic heterocycles. The van der Waals surface area contributed by atoms with Crippen LogP contribution in [0.3, 0.4) is 0 Å². The molecule has 1 aromatic rings. The molecule has 6 heteroatoms. The van der Waals surface area contributed by atoms with E-state index in [9.17, 15) is 12.8 Å². The Kier molecular flexibility index (Phi) is 6.77. The summed E-state index contributed by atoms with van der Waals surface area (Å²) < 4.78 is 40.5. The topological polar surface area (TPSA) is 57.6 Å². The first-order valence-electron chi connectivity index (χ1n) is 7.30. The third-order valence-corrected chi connectivity index (χ3v) is 5.72. The van der Waals surface area contributed by atoms with Gasteiger partial charge in [0.2, 0.25) is 10.0 Å². The number of halogens is 1. The maximum absolute atomic E-state index is 13.9. The normalized spacial score (nSPS) is 12.3. The van der Waals surface area contributed by atoms with Crippen molar-refractivity contribution in [2.45, 2.75) is 45.1 Å². The fourth-order valence-corrected chi connectivity index (χ4v) is 3.85. The molecule has 0 aliphatic heterocycles. The second-order valence-electron chi connectivity index (χ2n) is 5.06. The molecule has 21 heavy (non-hydrogen) atoms. The Morgan fingerprint density at radius 1 is 1.24 bits per heavy atom. The summed E-state index contributed by atoms with van der Waals surface area (Å²) in [7, 11) is -3.88. The summed E-state index contributed by atoms with van der Waals surface area (Å²) in [6.45, 7) is 6.13. The maximum atomic E-state index is 13.9. The monoisotopic (exact) mass is 317 g/mol. The lowest BCUT2D eigenvalue weighted by Crippen LogP contribution is -2.35. The molecule has 4 nitrogen and oxygen atoms in total. The predicted octanol–water partition coefficient (Wildman–Crippen LogP) is 2.76. The van der Waals surface area contributed by atoms with Gasteiger partial charge in [-0.3, -0.25) is 0 Å². The van der Waals surface area contributed by atoms with Gasteiger partial charge >= 0.3 is 0 Å². The zero-order valence-corrected chi connectivity index (χ0v) is 13.7. The Bertz CT molecular complexity index is 556. The van der Waals surface area contributed by atoms with Crippen molar-refractivity contribution >= 4 is 10.0 Å². The minimum Gasteiger partial charge on any atom is -0.392 e. The van der Waals surface area contributed by atoms with Crippen LogP contribution in [0.4, 0.5) is 4.39 Å². The highest BCUT2D eigenvalue weighted by atomic mass is 32.2. The van der Waals surface area contributed by atoms with Crippen LogP contribution >= 0.6 is 0 Å². The first-order valence-corrected chi connectivity index (χ1v) is 8.74. The van der Waals surface area contributed by atoms with E-state index in [1.807, 2.05) is 13.8 Å². The summed E-state index contributed by atoms with van der Waals surface area (Å²) in [6, 6.07) is 3.68. The van der Waals surface area contributed by atoms with E-state index in [-0.39, 0.29) is 17.4 Å². The van der Waals surface area contributed by atoms with Crippen molar-refractivity contribution in [3.8, 4) is 0 Å². The standard InChI is InChI=1S/C15H24FNO3S/c1-4-12(5-2)10-17(6-3)21(19,20)15-9-13(11-18)7-8-14(15)16/h7-9,12,18H,4-6,10-11H2,1-3H3. The smallest absolute Gasteiger partial charge is 0.245 e. The van der Waals surface area contributed by atoms with Gasteiger partial charge in [0.25, 0.3) is 0 Å². The fraction of sp³-hybridized carbons (Fsp3) is 0.600. The Hall–Kier alpha value is -0.980. The lowest BCUT2D eigenvalue weighted by Gasteiger charge is -2.25. The van der Waals surface area contributed by atoms with Crippen molar-refractivity contribution in [2.24, 2.45) is 5.92 Å². The number of hydrogen-bond donors (Lipinski definition) is 1. The molecule has 0 heterocycles.